The van der Waals surface area contributed by atoms with Gasteiger partial charge in [-0.2, -0.15) is 0 Å². The highest BCUT2D eigenvalue weighted by Gasteiger charge is 2.08. The van der Waals surface area contributed by atoms with Gasteiger partial charge in [0.05, 0.1) is 0 Å². The van der Waals surface area contributed by atoms with E-state index in [1.807, 2.05) is 30.3 Å². The number of nitrogens with two attached hydrogens (primary N) is 1. The zero-order valence-corrected chi connectivity index (χ0v) is 11.3. The van der Waals surface area contributed by atoms with E-state index in [0.29, 0.717) is 0 Å². The third-order valence-electron chi connectivity index (χ3n) is 3.66. The second kappa shape index (κ2) is 4.82. The average Bonchev–Trinajstić information content (AvgIpc) is 2.47. The summed E-state index contributed by atoms with van der Waals surface area (Å²) < 4.78 is 0. The van der Waals surface area contributed by atoms with Crippen LogP contribution in [0.2, 0.25) is 0 Å². The molecule has 0 aliphatic heterocycles. The van der Waals surface area contributed by atoms with Crippen LogP contribution in [0, 0.1) is 6.92 Å². The minimum atomic E-state index is -0.432. The van der Waals surface area contributed by atoms with Crippen molar-refractivity contribution in [1.29, 1.82) is 0 Å². The first-order chi connectivity index (χ1) is 9.68. The Balaban J connectivity index is 2.49. The van der Waals surface area contributed by atoms with E-state index in [4.69, 9.17) is 5.73 Å². The normalized spacial score (nSPS) is 11.4. The molecule has 1 amide bonds. The van der Waals surface area contributed by atoms with Crippen LogP contribution in [0.4, 0.5) is 0 Å². The fourth-order valence-corrected chi connectivity index (χ4v) is 2.73. The summed E-state index contributed by atoms with van der Waals surface area (Å²) in [5, 5.41) is 4.69. The van der Waals surface area contributed by atoms with E-state index >= 15 is 0 Å². The van der Waals surface area contributed by atoms with Gasteiger partial charge in [-0.15, -0.1) is 0 Å². The van der Waals surface area contributed by atoms with Gasteiger partial charge in [-0.25, -0.2) is 0 Å². The number of hydrogen-bond acceptors (Lipinski definition) is 1. The van der Waals surface area contributed by atoms with Crippen molar-refractivity contribution in [3.63, 3.8) is 0 Å². The zero-order valence-electron chi connectivity index (χ0n) is 11.3. The highest BCUT2D eigenvalue weighted by atomic mass is 16.1. The van der Waals surface area contributed by atoms with E-state index in [0.717, 1.165) is 16.3 Å². The van der Waals surface area contributed by atoms with Gasteiger partial charge in [0.2, 0.25) is 5.91 Å². The number of hydrogen-bond donors (Lipinski definition) is 1. The summed E-state index contributed by atoms with van der Waals surface area (Å²) in [7, 11) is 0. The van der Waals surface area contributed by atoms with Gasteiger partial charge in [0.15, 0.2) is 0 Å². The molecule has 0 bridgehead atoms. The van der Waals surface area contributed by atoms with E-state index in [2.05, 4.69) is 31.2 Å². The number of amides is 1. The predicted octanol–water partition coefficient (Wildman–Crippen LogP) is 3.80. The molecule has 0 heterocycles. The minimum Gasteiger partial charge on any atom is -0.366 e. The molecule has 0 unspecified atom stereocenters. The molecule has 0 atom stereocenters. The van der Waals surface area contributed by atoms with Crippen molar-refractivity contribution in [3.8, 4) is 0 Å². The molecule has 98 valence electrons. The maximum absolute atomic E-state index is 11.0. The number of benzene rings is 3. The second-order valence-corrected chi connectivity index (χ2v) is 4.87. The van der Waals surface area contributed by atoms with Gasteiger partial charge in [0.1, 0.15) is 0 Å². The molecule has 0 saturated carbocycles. The van der Waals surface area contributed by atoms with Crippen LogP contribution in [-0.2, 0) is 4.79 Å². The van der Waals surface area contributed by atoms with Gasteiger partial charge < -0.3 is 5.73 Å². The van der Waals surface area contributed by atoms with Crippen LogP contribution < -0.4 is 5.73 Å². The number of rotatable bonds is 2. The molecule has 3 rings (SSSR count). The van der Waals surface area contributed by atoms with E-state index in [-0.39, 0.29) is 0 Å². The Morgan fingerprint density at radius 1 is 0.900 bits per heavy atom. The van der Waals surface area contributed by atoms with Crippen LogP contribution in [0.1, 0.15) is 11.1 Å². The highest BCUT2D eigenvalue weighted by Crippen LogP contribution is 2.33. The van der Waals surface area contributed by atoms with Crippen LogP contribution in [0.3, 0.4) is 0 Å². The Hall–Kier alpha value is -2.61. The summed E-state index contributed by atoms with van der Waals surface area (Å²) in [4.78, 5) is 11.0. The molecule has 2 nitrogen and oxygen atoms in total. The van der Waals surface area contributed by atoms with Crippen LogP contribution in [0.25, 0.3) is 27.6 Å². The van der Waals surface area contributed by atoms with E-state index in [1.165, 1.54) is 22.4 Å². The van der Waals surface area contributed by atoms with Crippen molar-refractivity contribution >= 4 is 33.5 Å². The van der Waals surface area contributed by atoms with Crippen LogP contribution in [0.15, 0.2) is 54.6 Å². The van der Waals surface area contributed by atoms with Gasteiger partial charge in [-0.05, 0) is 45.7 Å². The highest BCUT2D eigenvalue weighted by molar-refractivity contribution is 6.10. The van der Waals surface area contributed by atoms with Gasteiger partial charge in [-0.3, -0.25) is 4.79 Å². The largest absolute Gasteiger partial charge is 0.366 e. The molecule has 3 aromatic rings. The van der Waals surface area contributed by atoms with Crippen molar-refractivity contribution in [2.45, 2.75) is 6.92 Å². The molecule has 20 heavy (non-hydrogen) atoms. The third kappa shape index (κ3) is 1.95. The molecule has 3 aromatic carbocycles. The second-order valence-electron chi connectivity index (χ2n) is 4.87. The number of primary amides is 1. The quantitative estimate of drug-likeness (QED) is 0.553. The van der Waals surface area contributed by atoms with Crippen LogP contribution in [0.5, 0.6) is 0 Å². The summed E-state index contributed by atoms with van der Waals surface area (Å²) in [6, 6.07) is 16.5. The van der Waals surface area contributed by atoms with Crippen LogP contribution in [-0.4, -0.2) is 5.91 Å². The lowest BCUT2D eigenvalue weighted by Gasteiger charge is -2.12. The Morgan fingerprint density at radius 2 is 1.35 bits per heavy atom. The number of aryl methyl sites for hydroxylation is 1. The molecule has 0 radical (unpaired) electrons. The lowest BCUT2D eigenvalue weighted by molar-refractivity contribution is -0.113. The zero-order chi connectivity index (χ0) is 14.1. The van der Waals surface area contributed by atoms with Gasteiger partial charge in [0.25, 0.3) is 0 Å². The SMILES string of the molecule is Cc1c2ccccc2c(/C=C/C(N)=O)c2ccccc12. The topological polar surface area (TPSA) is 43.1 Å². The lowest BCUT2D eigenvalue weighted by atomic mass is 9.92. The number of carbonyl (C=O) groups excluding carboxylic acids is 1. The summed E-state index contributed by atoms with van der Waals surface area (Å²) in [5.41, 5.74) is 7.53. The number of carbonyl (C=O) groups is 1. The molecule has 0 saturated heterocycles. The molecule has 0 spiro atoms. The predicted molar refractivity (Wildman–Crippen MR) is 84.4 cm³/mol. The fraction of sp³-hybridized carbons (Fsp3) is 0.0556. The molecule has 0 aliphatic rings. The van der Waals surface area contributed by atoms with Crippen molar-refractivity contribution in [2.75, 3.05) is 0 Å². The lowest BCUT2D eigenvalue weighted by Crippen LogP contribution is -2.05. The maximum Gasteiger partial charge on any atom is 0.241 e. The summed E-state index contributed by atoms with van der Waals surface area (Å²) in [6.45, 7) is 2.13. The van der Waals surface area contributed by atoms with E-state index in [1.54, 1.807) is 0 Å². The Bertz CT molecular complexity index is 790. The smallest absolute Gasteiger partial charge is 0.241 e. The molecule has 0 fully saturated rings. The molecular weight excluding hydrogens is 246 g/mol. The maximum atomic E-state index is 11.0. The summed E-state index contributed by atoms with van der Waals surface area (Å²) in [6.07, 6.45) is 3.23. The minimum absolute atomic E-state index is 0.432. The Kier molecular flexibility index (Phi) is 2.99. The molecule has 0 aromatic heterocycles. The van der Waals surface area contributed by atoms with Crippen LogP contribution >= 0.6 is 0 Å². The van der Waals surface area contributed by atoms with Gasteiger partial charge >= 0.3 is 0 Å². The first kappa shape index (κ1) is 12.4. The van der Waals surface area contributed by atoms with Gasteiger partial charge in [-0.1, -0.05) is 48.5 Å². The standard InChI is InChI=1S/C18H15NO/c1-12-13-6-2-4-8-15(13)17(10-11-18(19)20)16-9-5-3-7-14(12)16/h2-11H,1H3,(H2,19,20)/b11-10+. The van der Waals surface area contributed by atoms with Gasteiger partial charge in [0, 0.05) is 6.08 Å². The monoisotopic (exact) mass is 261 g/mol. The first-order valence-electron chi connectivity index (χ1n) is 6.56. The first-order valence-corrected chi connectivity index (χ1v) is 6.56. The van der Waals surface area contributed by atoms with Crippen molar-refractivity contribution in [1.82, 2.24) is 0 Å². The number of fused-ring (bicyclic) bond motifs is 2. The summed E-state index contributed by atoms with van der Waals surface area (Å²) in [5.74, 6) is -0.432. The average molecular weight is 261 g/mol. The molecule has 2 N–H and O–H groups in total. The van der Waals surface area contributed by atoms with Crippen molar-refractivity contribution in [2.24, 2.45) is 5.73 Å². The van der Waals surface area contributed by atoms with E-state index in [9.17, 15) is 4.79 Å². The third-order valence-corrected chi connectivity index (χ3v) is 3.66. The fourth-order valence-electron chi connectivity index (χ4n) is 2.73. The molecule has 0 aliphatic carbocycles. The van der Waals surface area contributed by atoms with Crippen molar-refractivity contribution < 1.29 is 4.79 Å². The molecular formula is C18H15NO. The Labute approximate surface area is 117 Å². The van der Waals surface area contributed by atoms with E-state index < -0.39 is 5.91 Å². The molecule has 2 heteroatoms. The summed E-state index contributed by atoms with van der Waals surface area (Å²) >= 11 is 0. The Morgan fingerprint density at radius 3 is 1.80 bits per heavy atom. The van der Waals surface area contributed by atoms with Crippen molar-refractivity contribution in [3.05, 3.63) is 65.7 Å².